The lowest BCUT2D eigenvalue weighted by atomic mass is 9.74. The minimum absolute atomic E-state index is 0.0979. The third-order valence-electron chi connectivity index (χ3n) is 11.7. The molecule has 1 N–H and O–H groups in total. The average Bonchev–Trinajstić information content (AvgIpc) is 3.83. The third-order valence-corrected chi connectivity index (χ3v) is 11.7. The van der Waals surface area contributed by atoms with E-state index in [1.165, 1.54) is 12.8 Å². The summed E-state index contributed by atoms with van der Waals surface area (Å²) in [6.45, 7) is 14.9. The molecule has 49 heavy (non-hydrogen) atoms. The second-order valence-corrected chi connectivity index (χ2v) is 16.9. The summed E-state index contributed by atoms with van der Waals surface area (Å²) >= 11 is 0. The number of hydrogen-bond donors (Lipinski definition) is 1. The van der Waals surface area contributed by atoms with Crippen LogP contribution >= 0.6 is 0 Å². The number of likely N-dealkylation sites (tertiary alicyclic amines) is 1. The summed E-state index contributed by atoms with van der Waals surface area (Å²) < 4.78 is 25.0. The van der Waals surface area contributed by atoms with Gasteiger partial charge in [0.2, 0.25) is 5.91 Å². The molecule has 3 saturated heterocycles. The van der Waals surface area contributed by atoms with E-state index < -0.39 is 41.4 Å². The van der Waals surface area contributed by atoms with E-state index >= 15 is 0 Å². The van der Waals surface area contributed by atoms with Gasteiger partial charge in [0.05, 0.1) is 17.8 Å². The first-order valence-electron chi connectivity index (χ1n) is 18.5. The van der Waals surface area contributed by atoms with Crippen molar-refractivity contribution >= 4 is 17.7 Å². The number of rotatable bonds is 10. The summed E-state index contributed by atoms with van der Waals surface area (Å²) in [6.07, 6.45) is 1.36. The molecule has 1 saturated carbocycles. The average molecular weight is 695 g/mol. The number of aliphatic hydroxyl groups excluding tert-OH is 1. The van der Waals surface area contributed by atoms with Gasteiger partial charge < -0.3 is 38.8 Å². The van der Waals surface area contributed by atoms with Crippen LogP contribution in [0.3, 0.4) is 0 Å². The highest BCUT2D eigenvalue weighted by Crippen LogP contribution is 2.39. The van der Waals surface area contributed by atoms with Gasteiger partial charge in [-0.05, 0) is 93.4 Å². The van der Waals surface area contributed by atoms with Crippen LogP contribution in [-0.4, -0.2) is 159 Å². The topological polar surface area (TPSA) is 121 Å². The summed E-state index contributed by atoms with van der Waals surface area (Å²) in [4.78, 5) is 49.4. The summed E-state index contributed by atoms with van der Waals surface area (Å²) in [5, 5.41) is 11.3. The molecule has 0 bridgehead atoms. The van der Waals surface area contributed by atoms with Crippen molar-refractivity contribution in [1.29, 1.82) is 0 Å². The predicted molar refractivity (Wildman–Crippen MR) is 187 cm³/mol. The van der Waals surface area contributed by atoms with Gasteiger partial charge in [0.25, 0.3) is 0 Å². The number of amides is 1. The van der Waals surface area contributed by atoms with Gasteiger partial charge in [-0.2, -0.15) is 0 Å². The standard InChI is InChI=1S/C37H66N4O8/c1-23-17-37(6,46-11)33(49-34-31(43)28(38(7)8)16-24(2)48-34)25(3)32(44)36(4,5)35(45)47-22-29(40(10)18-23)27-20-41(21-27)30(42)14-15-39(9)19-26-12-13-26/h23-29,31,33-34,43H,12-22H2,1-11H3/t23-,24-,25+,28+,29+,31-,33-,34+,37-/m1/s1. The number of ether oxygens (including phenoxy) is 4. The van der Waals surface area contributed by atoms with Gasteiger partial charge >= 0.3 is 5.97 Å². The van der Waals surface area contributed by atoms with Gasteiger partial charge in [-0.3, -0.25) is 19.3 Å². The van der Waals surface area contributed by atoms with E-state index in [0.717, 1.165) is 19.0 Å². The highest BCUT2D eigenvalue weighted by molar-refractivity contribution is 6.04. The van der Waals surface area contributed by atoms with Gasteiger partial charge in [0.1, 0.15) is 18.1 Å². The minimum Gasteiger partial charge on any atom is -0.463 e. The summed E-state index contributed by atoms with van der Waals surface area (Å²) in [7, 11) is 9.59. The van der Waals surface area contributed by atoms with E-state index in [1.54, 1.807) is 27.9 Å². The first-order valence-corrected chi connectivity index (χ1v) is 18.5. The van der Waals surface area contributed by atoms with E-state index in [-0.39, 0.29) is 48.3 Å². The van der Waals surface area contributed by atoms with E-state index in [4.69, 9.17) is 18.9 Å². The number of hydrogen-bond acceptors (Lipinski definition) is 11. The number of ketones is 1. The van der Waals surface area contributed by atoms with Crippen LogP contribution in [0.1, 0.15) is 73.6 Å². The second kappa shape index (κ2) is 16.3. The molecule has 0 aromatic rings. The van der Waals surface area contributed by atoms with Crippen LogP contribution in [0.15, 0.2) is 0 Å². The maximum absolute atomic E-state index is 14.3. The van der Waals surface area contributed by atoms with Gasteiger partial charge in [-0.15, -0.1) is 0 Å². The summed E-state index contributed by atoms with van der Waals surface area (Å²) in [6, 6.07) is -0.307. The van der Waals surface area contributed by atoms with Gasteiger partial charge in [-0.1, -0.05) is 13.8 Å². The number of likely N-dealkylation sites (N-methyl/N-ethyl adjacent to an activating group) is 2. The van der Waals surface area contributed by atoms with Crippen LogP contribution in [-0.2, 0) is 33.3 Å². The van der Waals surface area contributed by atoms with Crippen LogP contribution in [0.25, 0.3) is 0 Å². The number of methoxy groups -OCH3 is 1. The molecule has 4 fully saturated rings. The predicted octanol–water partition coefficient (Wildman–Crippen LogP) is 2.51. The van der Waals surface area contributed by atoms with E-state index in [2.05, 4.69) is 23.8 Å². The lowest BCUT2D eigenvalue weighted by molar-refractivity contribution is -0.295. The number of carbonyl (C=O) groups excluding carboxylic acids is 3. The normalized spacial score (nSPS) is 37.3. The zero-order valence-electron chi connectivity index (χ0n) is 32.1. The fourth-order valence-electron chi connectivity index (χ4n) is 8.30. The molecule has 3 heterocycles. The van der Waals surface area contributed by atoms with E-state index in [1.807, 2.05) is 44.8 Å². The minimum atomic E-state index is -1.46. The number of nitrogens with zero attached hydrogens (tertiary/aromatic N) is 4. The Morgan fingerprint density at radius 2 is 1.71 bits per heavy atom. The van der Waals surface area contributed by atoms with Gasteiger partial charge in [0.15, 0.2) is 12.1 Å². The molecular weight excluding hydrogens is 628 g/mol. The maximum atomic E-state index is 14.3. The Morgan fingerprint density at radius 1 is 1.06 bits per heavy atom. The molecule has 0 unspecified atom stereocenters. The second-order valence-electron chi connectivity index (χ2n) is 16.9. The molecule has 12 heteroatoms. The van der Waals surface area contributed by atoms with Crippen LogP contribution in [0.2, 0.25) is 0 Å². The Kier molecular flexibility index (Phi) is 13.4. The third kappa shape index (κ3) is 9.61. The lowest BCUT2D eigenvalue weighted by Crippen LogP contribution is -2.60. The van der Waals surface area contributed by atoms with Gasteiger partial charge in [-0.25, -0.2) is 0 Å². The Balaban J connectivity index is 1.52. The molecule has 282 valence electrons. The molecule has 4 aliphatic rings. The van der Waals surface area contributed by atoms with E-state index in [0.29, 0.717) is 38.9 Å². The molecule has 4 rings (SSSR count). The molecular formula is C37H66N4O8. The maximum Gasteiger partial charge on any atom is 0.319 e. The Bertz CT molecular complexity index is 1140. The van der Waals surface area contributed by atoms with Crippen LogP contribution in [0, 0.1) is 29.1 Å². The Labute approximate surface area is 295 Å². The number of Topliss-reactive ketones (excluding diaryl/α,β-unsaturated/α-hetero) is 1. The van der Waals surface area contributed by atoms with Crippen molar-refractivity contribution in [2.24, 2.45) is 29.1 Å². The highest BCUT2D eigenvalue weighted by atomic mass is 16.7. The van der Waals surface area contributed by atoms with Crippen molar-refractivity contribution in [2.75, 3.05) is 74.6 Å². The van der Waals surface area contributed by atoms with Crippen molar-refractivity contribution < 1.29 is 38.4 Å². The number of cyclic esters (lactones) is 1. The molecule has 0 aromatic carbocycles. The van der Waals surface area contributed by atoms with Crippen molar-refractivity contribution in [3.8, 4) is 0 Å². The quantitative estimate of drug-likeness (QED) is 0.268. The number of carbonyl (C=O) groups is 3. The summed E-state index contributed by atoms with van der Waals surface area (Å²) in [5.41, 5.74) is -2.42. The molecule has 12 nitrogen and oxygen atoms in total. The molecule has 0 spiro atoms. The fourth-order valence-corrected chi connectivity index (χ4v) is 8.30. The van der Waals surface area contributed by atoms with Gasteiger partial charge in [0, 0.05) is 70.2 Å². The number of aliphatic hydroxyl groups is 1. The molecule has 3 aliphatic heterocycles. The largest absolute Gasteiger partial charge is 0.463 e. The summed E-state index contributed by atoms with van der Waals surface area (Å²) in [5.74, 6) is -0.497. The fraction of sp³-hybridized carbons (Fsp3) is 0.919. The Morgan fingerprint density at radius 3 is 2.31 bits per heavy atom. The SMILES string of the molecule is CO[C@]1(C)C[C@@H](C)CN(C)[C@H](C2CN(C(=O)CCN(C)CC3CC3)C2)COC(=O)C(C)(C)C(=O)[C@H](C)[C@H]1O[C@@H]1O[C@H](C)C[C@H](N(C)C)[C@H]1O. The smallest absolute Gasteiger partial charge is 0.319 e. The zero-order valence-corrected chi connectivity index (χ0v) is 32.1. The van der Waals surface area contributed by atoms with Crippen LogP contribution in [0.4, 0.5) is 0 Å². The molecule has 0 aromatic heterocycles. The molecule has 1 aliphatic carbocycles. The first-order chi connectivity index (χ1) is 22.9. The van der Waals surface area contributed by atoms with Crippen molar-refractivity contribution in [3.63, 3.8) is 0 Å². The monoisotopic (exact) mass is 694 g/mol. The van der Waals surface area contributed by atoms with Crippen molar-refractivity contribution in [2.45, 2.75) is 116 Å². The lowest BCUT2D eigenvalue weighted by Gasteiger charge is -2.47. The first kappa shape index (κ1) is 40.1. The van der Waals surface area contributed by atoms with Crippen LogP contribution in [0.5, 0.6) is 0 Å². The van der Waals surface area contributed by atoms with Crippen molar-refractivity contribution in [3.05, 3.63) is 0 Å². The molecule has 0 radical (unpaired) electrons. The number of esters is 1. The zero-order chi connectivity index (χ0) is 36.4. The highest BCUT2D eigenvalue weighted by Gasteiger charge is 2.52. The van der Waals surface area contributed by atoms with Crippen molar-refractivity contribution in [1.82, 2.24) is 19.6 Å². The van der Waals surface area contributed by atoms with E-state index in [9.17, 15) is 19.5 Å². The molecule has 9 atom stereocenters. The van der Waals surface area contributed by atoms with Crippen LogP contribution < -0.4 is 0 Å². The molecule has 1 amide bonds. The Hall–Kier alpha value is -1.67.